The first-order chi connectivity index (χ1) is 7.65. The third-order valence-electron chi connectivity index (χ3n) is 3.02. The van der Waals surface area contributed by atoms with Crippen LogP contribution in [0.5, 0.6) is 0 Å². The molecule has 88 valence electrons. The van der Waals surface area contributed by atoms with Crippen LogP contribution < -0.4 is 0 Å². The van der Waals surface area contributed by atoms with Crippen LogP contribution in [-0.2, 0) is 11.3 Å². The van der Waals surface area contributed by atoms with Gasteiger partial charge in [-0.3, -0.25) is 4.79 Å². The van der Waals surface area contributed by atoms with Gasteiger partial charge in [0.2, 0.25) is 0 Å². The second-order valence-electron chi connectivity index (χ2n) is 4.46. The predicted octanol–water partition coefficient (Wildman–Crippen LogP) is 3.20. The molecule has 1 fully saturated rings. The molecule has 16 heavy (non-hydrogen) atoms. The predicted molar refractivity (Wildman–Crippen MR) is 68.0 cm³/mol. The van der Waals surface area contributed by atoms with Gasteiger partial charge in [0.05, 0.1) is 4.34 Å². The first-order valence-corrected chi connectivity index (χ1v) is 6.80. The maximum absolute atomic E-state index is 11.5. The molecule has 0 N–H and O–H groups in total. The van der Waals surface area contributed by atoms with Crippen LogP contribution in [0.3, 0.4) is 0 Å². The van der Waals surface area contributed by atoms with Gasteiger partial charge < -0.3 is 4.90 Å². The summed E-state index contributed by atoms with van der Waals surface area (Å²) in [5, 5.41) is 0. The molecule has 1 aromatic rings. The van der Waals surface area contributed by atoms with E-state index in [4.69, 9.17) is 11.6 Å². The van der Waals surface area contributed by atoms with Gasteiger partial charge in [-0.25, -0.2) is 0 Å². The Hall–Kier alpha value is -0.380. The minimum absolute atomic E-state index is 0.264. The summed E-state index contributed by atoms with van der Waals surface area (Å²) in [7, 11) is 2.07. The molecule has 0 aromatic carbocycles. The molecule has 1 unspecified atom stereocenters. The second-order valence-corrected chi connectivity index (χ2v) is 6.26. The molecular formula is C12H16ClNOS. The minimum Gasteiger partial charge on any atom is -0.301 e. The number of halogens is 1. The van der Waals surface area contributed by atoms with Crippen LogP contribution in [0.1, 0.15) is 24.1 Å². The maximum atomic E-state index is 11.5. The topological polar surface area (TPSA) is 20.3 Å². The van der Waals surface area contributed by atoms with Gasteiger partial charge in [0.1, 0.15) is 5.78 Å². The molecule has 1 atom stereocenters. The summed E-state index contributed by atoms with van der Waals surface area (Å²) in [6.45, 7) is 1.77. The van der Waals surface area contributed by atoms with Crippen molar-refractivity contribution >= 4 is 28.7 Å². The normalized spacial score (nSPS) is 20.9. The molecule has 0 aliphatic heterocycles. The van der Waals surface area contributed by atoms with Crippen LogP contribution >= 0.6 is 22.9 Å². The smallest absolute Gasteiger partial charge is 0.137 e. The van der Waals surface area contributed by atoms with Gasteiger partial charge >= 0.3 is 0 Å². The molecule has 0 radical (unpaired) electrons. The van der Waals surface area contributed by atoms with Crippen molar-refractivity contribution in [2.75, 3.05) is 13.6 Å². The van der Waals surface area contributed by atoms with Crippen molar-refractivity contribution < 1.29 is 4.79 Å². The summed E-state index contributed by atoms with van der Waals surface area (Å²) in [4.78, 5) is 15.0. The van der Waals surface area contributed by atoms with E-state index in [1.807, 2.05) is 6.07 Å². The number of carbonyl (C=O) groups is 1. The van der Waals surface area contributed by atoms with E-state index in [2.05, 4.69) is 18.0 Å². The van der Waals surface area contributed by atoms with Crippen LogP contribution in [0.2, 0.25) is 4.34 Å². The average Bonchev–Trinajstić information content (AvgIpc) is 2.77. The number of nitrogens with zero attached hydrogens (tertiary/aromatic N) is 1. The fourth-order valence-corrected chi connectivity index (χ4v) is 3.39. The Kier molecular flexibility index (Phi) is 4.00. The third kappa shape index (κ3) is 3.06. The van der Waals surface area contributed by atoms with Crippen molar-refractivity contribution in [3.05, 3.63) is 21.3 Å². The Morgan fingerprint density at radius 3 is 2.94 bits per heavy atom. The maximum Gasteiger partial charge on any atom is 0.137 e. The van der Waals surface area contributed by atoms with Crippen molar-refractivity contribution in [1.29, 1.82) is 0 Å². The van der Waals surface area contributed by atoms with E-state index in [9.17, 15) is 4.79 Å². The number of hydrogen-bond acceptors (Lipinski definition) is 3. The average molecular weight is 258 g/mol. The quantitative estimate of drug-likeness (QED) is 0.826. The van der Waals surface area contributed by atoms with E-state index in [1.165, 1.54) is 4.88 Å². The van der Waals surface area contributed by atoms with Crippen LogP contribution in [-0.4, -0.2) is 24.3 Å². The molecule has 2 nitrogen and oxygen atoms in total. The molecule has 1 aliphatic rings. The lowest BCUT2D eigenvalue weighted by atomic mass is 10.1. The zero-order chi connectivity index (χ0) is 11.5. The Balaban J connectivity index is 1.84. The van der Waals surface area contributed by atoms with Gasteiger partial charge in [-0.2, -0.15) is 0 Å². The summed E-state index contributed by atoms with van der Waals surface area (Å²) >= 11 is 7.50. The van der Waals surface area contributed by atoms with Crippen molar-refractivity contribution in [3.8, 4) is 0 Å². The van der Waals surface area contributed by atoms with Crippen molar-refractivity contribution in [3.63, 3.8) is 0 Å². The highest BCUT2D eigenvalue weighted by atomic mass is 35.5. The fraction of sp³-hybridized carbons (Fsp3) is 0.583. The zero-order valence-electron chi connectivity index (χ0n) is 9.41. The third-order valence-corrected chi connectivity index (χ3v) is 4.23. The van der Waals surface area contributed by atoms with E-state index in [-0.39, 0.29) is 5.92 Å². The summed E-state index contributed by atoms with van der Waals surface area (Å²) in [6, 6.07) is 3.98. The lowest BCUT2D eigenvalue weighted by Gasteiger charge is -2.19. The number of hydrogen-bond donors (Lipinski definition) is 0. The van der Waals surface area contributed by atoms with Gasteiger partial charge in [-0.05, 0) is 32.0 Å². The monoisotopic (exact) mass is 257 g/mol. The van der Waals surface area contributed by atoms with Crippen LogP contribution in [0.15, 0.2) is 12.1 Å². The first-order valence-electron chi connectivity index (χ1n) is 5.60. The zero-order valence-corrected chi connectivity index (χ0v) is 11.0. The molecule has 0 bridgehead atoms. The Labute approximate surface area is 105 Å². The fourth-order valence-electron chi connectivity index (χ4n) is 2.22. The number of carbonyl (C=O) groups excluding carboxylic acids is 1. The second kappa shape index (κ2) is 5.30. The highest BCUT2D eigenvalue weighted by Crippen LogP contribution is 2.25. The summed E-state index contributed by atoms with van der Waals surface area (Å²) < 4.78 is 0.834. The molecular weight excluding hydrogens is 242 g/mol. The van der Waals surface area contributed by atoms with Crippen molar-refractivity contribution in [2.24, 2.45) is 5.92 Å². The van der Waals surface area contributed by atoms with E-state index in [1.54, 1.807) is 11.3 Å². The van der Waals surface area contributed by atoms with Gasteiger partial charge in [0, 0.05) is 30.3 Å². The van der Waals surface area contributed by atoms with Crippen LogP contribution in [0.25, 0.3) is 0 Å². The number of thiophene rings is 1. The molecule has 1 saturated carbocycles. The minimum atomic E-state index is 0.264. The van der Waals surface area contributed by atoms with E-state index in [0.717, 1.165) is 36.7 Å². The Morgan fingerprint density at radius 1 is 1.56 bits per heavy atom. The summed E-state index contributed by atoms with van der Waals surface area (Å²) in [5.41, 5.74) is 0. The molecule has 0 saturated heterocycles. The van der Waals surface area contributed by atoms with Crippen molar-refractivity contribution in [1.82, 2.24) is 4.90 Å². The van der Waals surface area contributed by atoms with E-state index >= 15 is 0 Å². The van der Waals surface area contributed by atoms with Crippen molar-refractivity contribution in [2.45, 2.75) is 25.8 Å². The Bertz CT molecular complexity index is 377. The standard InChI is InChI=1S/C12H16ClNOS/c1-14(7-9-3-2-4-11(9)15)8-10-5-6-12(13)16-10/h5-6,9H,2-4,7-8H2,1H3. The largest absolute Gasteiger partial charge is 0.301 e. The summed E-state index contributed by atoms with van der Waals surface area (Å²) in [5.74, 6) is 0.705. The molecule has 0 amide bonds. The van der Waals surface area contributed by atoms with Gasteiger partial charge in [-0.15, -0.1) is 11.3 Å². The van der Waals surface area contributed by atoms with Gasteiger partial charge in [0.15, 0.2) is 0 Å². The number of rotatable bonds is 4. The lowest BCUT2D eigenvalue weighted by molar-refractivity contribution is -0.121. The highest BCUT2D eigenvalue weighted by molar-refractivity contribution is 7.16. The number of ketones is 1. The number of Topliss-reactive ketones (excluding diaryl/α,β-unsaturated/α-hetero) is 1. The summed E-state index contributed by atoms with van der Waals surface area (Å²) in [6.07, 6.45) is 2.92. The molecule has 0 spiro atoms. The lowest BCUT2D eigenvalue weighted by Crippen LogP contribution is -2.27. The highest BCUT2D eigenvalue weighted by Gasteiger charge is 2.25. The Morgan fingerprint density at radius 2 is 2.38 bits per heavy atom. The van der Waals surface area contributed by atoms with Crippen LogP contribution in [0, 0.1) is 5.92 Å². The van der Waals surface area contributed by atoms with Gasteiger partial charge in [0.25, 0.3) is 0 Å². The SMILES string of the molecule is CN(Cc1ccc(Cl)s1)CC1CCCC1=O. The van der Waals surface area contributed by atoms with Crippen LogP contribution in [0.4, 0.5) is 0 Å². The molecule has 1 heterocycles. The molecule has 1 aliphatic carbocycles. The first kappa shape index (κ1) is 12.1. The molecule has 2 rings (SSSR count). The molecule has 4 heteroatoms. The van der Waals surface area contributed by atoms with Gasteiger partial charge in [-0.1, -0.05) is 11.6 Å². The molecule has 1 aromatic heterocycles. The van der Waals surface area contributed by atoms with E-state index in [0.29, 0.717) is 5.78 Å². The van der Waals surface area contributed by atoms with E-state index < -0.39 is 0 Å².